The van der Waals surface area contributed by atoms with Crippen LogP contribution in [0, 0.1) is 6.92 Å². The summed E-state index contributed by atoms with van der Waals surface area (Å²) >= 11 is 1.73. The van der Waals surface area contributed by atoms with Gasteiger partial charge in [0.1, 0.15) is 0 Å². The molecule has 1 aromatic carbocycles. The highest BCUT2D eigenvalue weighted by Gasteiger charge is 2.06. The third-order valence-corrected chi connectivity index (χ3v) is 3.55. The molecule has 0 fully saturated rings. The molecule has 0 saturated carbocycles. The molecule has 2 rings (SSSR count). The fourth-order valence-electron chi connectivity index (χ4n) is 1.46. The van der Waals surface area contributed by atoms with Gasteiger partial charge >= 0.3 is 0 Å². The van der Waals surface area contributed by atoms with Crippen LogP contribution in [0.25, 0.3) is 10.2 Å². The van der Waals surface area contributed by atoms with E-state index < -0.39 is 0 Å². The molecule has 3 heteroatoms. The highest BCUT2D eigenvalue weighted by Crippen LogP contribution is 2.28. The normalized spacial score (nSPS) is 13.0. The number of aromatic nitrogens is 1. The minimum atomic E-state index is 0.492. The Bertz CT molecular complexity index is 462. The lowest BCUT2D eigenvalue weighted by molar-refractivity contribution is 0.763. The molecule has 1 atom stereocenters. The van der Waals surface area contributed by atoms with E-state index in [1.54, 1.807) is 11.3 Å². The van der Waals surface area contributed by atoms with Crippen LogP contribution in [-0.2, 0) is 0 Å². The maximum Gasteiger partial charge on any atom is 0.184 e. The van der Waals surface area contributed by atoms with Crippen LogP contribution in [0.3, 0.4) is 0 Å². The van der Waals surface area contributed by atoms with E-state index >= 15 is 0 Å². The molecule has 0 bridgehead atoms. The number of benzene rings is 1. The molecule has 0 saturated heterocycles. The first kappa shape index (κ1) is 10.4. The summed E-state index contributed by atoms with van der Waals surface area (Å²) in [6.45, 7) is 6.46. The lowest BCUT2D eigenvalue weighted by atomic mass is 10.2. The zero-order chi connectivity index (χ0) is 10.8. The number of rotatable bonds is 3. The van der Waals surface area contributed by atoms with E-state index in [4.69, 9.17) is 0 Å². The van der Waals surface area contributed by atoms with E-state index in [2.05, 4.69) is 49.3 Å². The molecule has 1 aromatic heterocycles. The molecule has 0 aliphatic carbocycles. The average Bonchev–Trinajstić information content (AvgIpc) is 2.62. The summed E-state index contributed by atoms with van der Waals surface area (Å²) in [7, 11) is 0. The lowest BCUT2D eigenvalue weighted by Gasteiger charge is -2.08. The molecule has 80 valence electrons. The van der Waals surface area contributed by atoms with Crippen molar-refractivity contribution in [2.75, 3.05) is 5.32 Å². The molecule has 1 N–H and O–H groups in total. The zero-order valence-electron chi connectivity index (χ0n) is 9.37. The van der Waals surface area contributed by atoms with Crippen molar-refractivity contribution < 1.29 is 0 Å². The maximum atomic E-state index is 4.61. The van der Waals surface area contributed by atoms with E-state index in [1.807, 2.05) is 0 Å². The summed E-state index contributed by atoms with van der Waals surface area (Å²) in [5, 5.41) is 4.45. The van der Waals surface area contributed by atoms with E-state index in [1.165, 1.54) is 10.3 Å². The standard InChI is InChI=1S/C12H16N2S/c1-4-9(3)13-12-14-11-8(2)6-5-7-10(11)15-12/h5-7,9H,4H2,1-3H3,(H,13,14). The Hall–Kier alpha value is -1.09. The van der Waals surface area contributed by atoms with Crippen molar-refractivity contribution in [1.29, 1.82) is 0 Å². The van der Waals surface area contributed by atoms with Crippen molar-refractivity contribution in [2.24, 2.45) is 0 Å². The molecule has 0 aliphatic rings. The van der Waals surface area contributed by atoms with Crippen molar-refractivity contribution in [2.45, 2.75) is 33.2 Å². The van der Waals surface area contributed by atoms with Gasteiger partial charge < -0.3 is 5.32 Å². The average molecular weight is 220 g/mol. The highest BCUT2D eigenvalue weighted by molar-refractivity contribution is 7.22. The van der Waals surface area contributed by atoms with E-state index in [9.17, 15) is 0 Å². The molecule has 1 heterocycles. The van der Waals surface area contributed by atoms with Crippen molar-refractivity contribution in [3.05, 3.63) is 23.8 Å². The largest absolute Gasteiger partial charge is 0.359 e. The summed E-state index contributed by atoms with van der Waals surface area (Å²) in [5.41, 5.74) is 2.38. The highest BCUT2D eigenvalue weighted by atomic mass is 32.1. The van der Waals surface area contributed by atoms with Crippen molar-refractivity contribution in [1.82, 2.24) is 4.98 Å². The first-order chi connectivity index (χ1) is 7.20. The van der Waals surface area contributed by atoms with Crippen LogP contribution in [0.2, 0.25) is 0 Å². The van der Waals surface area contributed by atoms with Crippen LogP contribution in [-0.4, -0.2) is 11.0 Å². The number of hydrogen-bond acceptors (Lipinski definition) is 3. The quantitative estimate of drug-likeness (QED) is 0.850. The minimum absolute atomic E-state index is 0.492. The van der Waals surface area contributed by atoms with Gasteiger partial charge in [0, 0.05) is 6.04 Å². The van der Waals surface area contributed by atoms with Gasteiger partial charge in [0.2, 0.25) is 0 Å². The Balaban J connectivity index is 2.35. The Labute approximate surface area is 94.3 Å². The second kappa shape index (κ2) is 4.19. The van der Waals surface area contributed by atoms with E-state index in [-0.39, 0.29) is 0 Å². The van der Waals surface area contributed by atoms with Crippen molar-refractivity contribution >= 4 is 26.7 Å². The number of hydrogen-bond donors (Lipinski definition) is 1. The van der Waals surface area contributed by atoms with Crippen LogP contribution in [0.15, 0.2) is 18.2 Å². The van der Waals surface area contributed by atoms with Gasteiger partial charge in [0.25, 0.3) is 0 Å². The number of fused-ring (bicyclic) bond motifs is 1. The van der Waals surface area contributed by atoms with Crippen LogP contribution in [0.4, 0.5) is 5.13 Å². The number of nitrogens with zero attached hydrogens (tertiary/aromatic N) is 1. The summed E-state index contributed by atoms with van der Waals surface area (Å²) in [5.74, 6) is 0. The summed E-state index contributed by atoms with van der Waals surface area (Å²) < 4.78 is 1.26. The second-order valence-electron chi connectivity index (χ2n) is 3.89. The number of thiazole rings is 1. The number of aryl methyl sites for hydroxylation is 1. The molecular weight excluding hydrogens is 204 g/mol. The first-order valence-electron chi connectivity index (χ1n) is 5.33. The Morgan fingerprint density at radius 3 is 2.93 bits per heavy atom. The molecule has 0 amide bonds. The second-order valence-corrected chi connectivity index (χ2v) is 4.92. The molecule has 0 radical (unpaired) electrons. The van der Waals surface area contributed by atoms with Crippen LogP contribution in [0.1, 0.15) is 25.8 Å². The van der Waals surface area contributed by atoms with Gasteiger partial charge in [-0.1, -0.05) is 30.4 Å². The predicted molar refractivity (Wildman–Crippen MR) is 67.7 cm³/mol. The van der Waals surface area contributed by atoms with Gasteiger partial charge in [-0.15, -0.1) is 0 Å². The number of anilines is 1. The molecule has 0 aliphatic heterocycles. The number of para-hydroxylation sites is 1. The fourth-order valence-corrected chi connectivity index (χ4v) is 2.52. The van der Waals surface area contributed by atoms with E-state index in [0.29, 0.717) is 6.04 Å². The molecule has 15 heavy (non-hydrogen) atoms. The molecule has 1 unspecified atom stereocenters. The van der Waals surface area contributed by atoms with Crippen molar-refractivity contribution in [3.8, 4) is 0 Å². The molecule has 2 nitrogen and oxygen atoms in total. The zero-order valence-corrected chi connectivity index (χ0v) is 10.2. The van der Waals surface area contributed by atoms with Crippen LogP contribution >= 0.6 is 11.3 Å². The lowest BCUT2D eigenvalue weighted by Crippen LogP contribution is -2.12. The monoisotopic (exact) mass is 220 g/mol. The van der Waals surface area contributed by atoms with E-state index in [0.717, 1.165) is 17.1 Å². The van der Waals surface area contributed by atoms with Gasteiger partial charge in [-0.3, -0.25) is 0 Å². The summed E-state index contributed by atoms with van der Waals surface area (Å²) in [6.07, 6.45) is 1.12. The third-order valence-electron chi connectivity index (χ3n) is 2.60. The van der Waals surface area contributed by atoms with Gasteiger partial charge in [0.15, 0.2) is 5.13 Å². The smallest absolute Gasteiger partial charge is 0.184 e. The Morgan fingerprint density at radius 2 is 2.27 bits per heavy atom. The molecular formula is C12H16N2S. The molecule has 2 aromatic rings. The Morgan fingerprint density at radius 1 is 1.47 bits per heavy atom. The number of nitrogens with one attached hydrogen (secondary N) is 1. The van der Waals surface area contributed by atoms with Gasteiger partial charge in [0.05, 0.1) is 10.2 Å². The van der Waals surface area contributed by atoms with Crippen LogP contribution in [0.5, 0.6) is 0 Å². The SMILES string of the molecule is CCC(C)Nc1nc2c(C)cccc2s1. The maximum absolute atomic E-state index is 4.61. The van der Waals surface area contributed by atoms with Gasteiger partial charge in [-0.05, 0) is 31.9 Å². The van der Waals surface area contributed by atoms with Crippen LogP contribution < -0.4 is 5.32 Å². The summed E-state index contributed by atoms with van der Waals surface area (Å²) in [4.78, 5) is 4.61. The van der Waals surface area contributed by atoms with Crippen molar-refractivity contribution in [3.63, 3.8) is 0 Å². The minimum Gasteiger partial charge on any atom is -0.359 e. The molecule has 0 spiro atoms. The fraction of sp³-hybridized carbons (Fsp3) is 0.417. The topological polar surface area (TPSA) is 24.9 Å². The van der Waals surface area contributed by atoms with Gasteiger partial charge in [-0.25, -0.2) is 4.98 Å². The Kier molecular flexibility index (Phi) is 2.91. The summed E-state index contributed by atoms with van der Waals surface area (Å²) in [6, 6.07) is 6.81. The predicted octanol–water partition coefficient (Wildman–Crippen LogP) is 3.82. The third kappa shape index (κ3) is 2.12. The van der Waals surface area contributed by atoms with Gasteiger partial charge in [-0.2, -0.15) is 0 Å². The first-order valence-corrected chi connectivity index (χ1v) is 6.15.